The quantitative estimate of drug-likeness (QED) is 0.317. The normalized spacial score (nSPS) is 26.5. The summed E-state index contributed by atoms with van der Waals surface area (Å²) in [6.07, 6.45) is 33.3. The third-order valence-electron chi connectivity index (χ3n) is 9.70. The molecule has 2 aliphatic heterocycles. The van der Waals surface area contributed by atoms with E-state index in [1.807, 2.05) is 0 Å². The number of furan rings is 1. The van der Waals surface area contributed by atoms with Crippen molar-refractivity contribution in [3.8, 4) is 11.1 Å². The first-order chi connectivity index (χ1) is 21.3. The van der Waals surface area contributed by atoms with Crippen LogP contribution in [0.5, 0.6) is 0 Å². The number of aliphatic imine (C=N–C) groups is 2. The first-order valence-electron chi connectivity index (χ1n) is 15.6. The summed E-state index contributed by atoms with van der Waals surface area (Å²) >= 11 is 0. The van der Waals surface area contributed by atoms with E-state index in [4.69, 9.17) is 14.4 Å². The molecule has 3 nitrogen and oxygen atoms in total. The molecule has 0 spiro atoms. The van der Waals surface area contributed by atoms with E-state index in [1.165, 1.54) is 33.2 Å². The Labute approximate surface area is 252 Å². The van der Waals surface area contributed by atoms with Crippen LogP contribution < -0.4 is 0 Å². The minimum absolute atomic E-state index is 0.00305. The Hall–Kier alpha value is -4.76. The maximum atomic E-state index is 6.52. The van der Waals surface area contributed by atoms with Crippen molar-refractivity contribution in [2.45, 2.75) is 31.7 Å². The Morgan fingerprint density at radius 3 is 2.49 bits per heavy atom. The van der Waals surface area contributed by atoms with Crippen molar-refractivity contribution >= 4 is 28.5 Å². The molecule has 3 heteroatoms. The molecule has 0 N–H and O–H groups in total. The molecule has 4 aliphatic carbocycles. The standard InChI is InChI=1S/C40H32N2O/c1-2-9-28-24-29(19-16-25(28)8-1)35-22-20-26-17-18-27-21-23-36(42-39(27)38(26)41-35)31-11-4-3-10-30(31)33-13-7-14-34-32-12-5-6-15-37(32)43-40(33)34/h1-5,7-14,16-20,22,24-26,28,38H,6,15,21,23H2. The van der Waals surface area contributed by atoms with E-state index >= 15 is 0 Å². The molecule has 0 radical (unpaired) electrons. The Balaban J connectivity index is 1.10. The molecule has 0 saturated carbocycles. The molecule has 208 valence electrons. The maximum Gasteiger partial charge on any atom is 0.142 e. The van der Waals surface area contributed by atoms with Gasteiger partial charge in [-0.3, -0.25) is 9.98 Å². The summed E-state index contributed by atoms with van der Waals surface area (Å²) < 4.78 is 6.52. The molecule has 3 heterocycles. The average Bonchev–Trinajstić information content (AvgIpc) is 3.46. The average molecular weight is 557 g/mol. The molecule has 0 amide bonds. The first kappa shape index (κ1) is 24.8. The molecule has 3 aromatic rings. The van der Waals surface area contributed by atoms with E-state index in [0.717, 1.165) is 59.7 Å². The van der Waals surface area contributed by atoms with Crippen molar-refractivity contribution in [1.82, 2.24) is 0 Å². The summed E-state index contributed by atoms with van der Waals surface area (Å²) in [5.41, 5.74) is 11.6. The first-order valence-corrected chi connectivity index (χ1v) is 15.6. The number of dihydropyridines is 1. The predicted octanol–water partition coefficient (Wildman–Crippen LogP) is 9.32. The Morgan fingerprint density at radius 2 is 1.53 bits per heavy atom. The smallest absolute Gasteiger partial charge is 0.142 e. The van der Waals surface area contributed by atoms with Gasteiger partial charge in [0.1, 0.15) is 17.4 Å². The number of rotatable bonds is 3. The fourth-order valence-electron chi connectivity index (χ4n) is 7.47. The SMILES string of the molecule is C1=CC2C=CC(C3=NC4C5=C(C=CC4C=C3)CCC(c3ccccc3-c3cccc4c6c(oc34)CCC=C6)=N5)=CC2C=C1. The third kappa shape index (κ3) is 4.10. The second-order valence-electron chi connectivity index (χ2n) is 12.2. The van der Waals surface area contributed by atoms with Crippen molar-refractivity contribution in [3.63, 3.8) is 0 Å². The highest BCUT2D eigenvalue weighted by molar-refractivity contribution is 6.12. The van der Waals surface area contributed by atoms with Gasteiger partial charge in [-0.2, -0.15) is 0 Å². The lowest BCUT2D eigenvalue weighted by molar-refractivity contribution is 0.547. The highest BCUT2D eigenvalue weighted by Crippen LogP contribution is 2.41. The van der Waals surface area contributed by atoms with Crippen LogP contribution in [0.25, 0.3) is 28.2 Å². The molecule has 9 rings (SSSR count). The van der Waals surface area contributed by atoms with Crippen LogP contribution in [0.2, 0.25) is 0 Å². The van der Waals surface area contributed by atoms with Gasteiger partial charge >= 0.3 is 0 Å². The molecule has 0 saturated heterocycles. The number of allylic oxidation sites excluding steroid dienone is 12. The number of aryl methyl sites for hydroxylation is 1. The van der Waals surface area contributed by atoms with Crippen LogP contribution >= 0.6 is 0 Å². The second-order valence-corrected chi connectivity index (χ2v) is 12.2. The zero-order chi connectivity index (χ0) is 28.3. The zero-order valence-corrected chi connectivity index (χ0v) is 24.0. The Bertz CT molecular complexity index is 2000. The lowest BCUT2D eigenvalue weighted by Crippen LogP contribution is -2.28. The van der Waals surface area contributed by atoms with E-state index in [2.05, 4.69) is 121 Å². The van der Waals surface area contributed by atoms with Crippen LogP contribution in [0.1, 0.15) is 36.1 Å². The fraction of sp³-hybridized carbons (Fsp3) is 0.200. The van der Waals surface area contributed by atoms with Crippen LogP contribution in [-0.2, 0) is 6.42 Å². The van der Waals surface area contributed by atoms with Crippen molar-refractivity contribution in [1.29, 1.82) is 0 Å². The fourth-order valence-corrected chi connectivity index (χ4v) is 7.47. The van der Waals surface area contributed by atoms with E-state index in [0.29, 0.717) is 11.8 Å². The molecule has 1 aromatic heterocycles. The number of hydrogen-bond acceptors (Lipinski definition) is 3. The van der Waals surface area contributed by atoms with Gasteiger partial charge in [-0.15, -0.1) is 0 Å². The van der Waals surface area contributed by atoms with Crippen LogP contribution in [0, 0.1) is 17.8 Å². The summed E-state index contributed by atoms with van der Waals surface area (Å²) in [5, 5.41) is 1.20. The Kier molecular flexibility index (Phi) is 5.72. The molecule has 0 bridgehead atoms. The minimum Gasteiger partial charge on any atom is -0.460 e. The second kappa shape index (κ2) is 9.91. The number of benzene rings is 2. The van der Waals surface area contributed by atoms with E-state index < -0.39 is 0 Å². The van der Waals surface area contributed by atoms with Crippen molar-refractivity contribution in [2.24, 2.45) is 27.7 Å². The molecule has 6 aliphatic rings. The van der Waals surface area contributed by atoms with Gasteiger partial charge in [0.2, 0.25) is 0 Å². The van der Waals surface area contributed by atoms with Gasteiger partial charge in [0.05, 0.1) is 11.4 Å². The van der Waals surface area contributed by atoms with Crippen molar-refractivity contribution in [3.05, 3.63) is 149 Å². The Morgan fingerprint density at radius 1 is 0.698 bits per heavy atom. The largest absolute Gasteiger partial charge is 0.460 e. The molecule has 0 fully saturated rings. The molecule has 4 atom stereocenters. The molecular formula is C40H32N2O. The predicted molar refractivity (Wildman–Crippen MR) is 177 cm³/mol. The lowest BCUT2D eigenvalue weighted by Gasteiger charge is -2.32. The summed E-state index contributed by atoms with van der Waals surface area (Å²) in [6, 6.07) is 15.3. The van der Waals surface area contributed by atoms with Gasteiger partial charge in [0.25, 0.3) is 0 Å². The number of nitrogens with zero attached hydrogens (tertiary/aromatic N) is 2. The summed E-state index contributed by atoms with van der Waals surface area (Å²) in [6.45, 7) is 0. The number of hydrogen-bond donors (Lipinski definition) is 0. The lowest BCUT2D eigenvalue weighted by atomic mass is 9.80. The highest BCUT2D eigenvalue weighted by atomic mass is 16.3. The summed E-state index contributed by atoms with van der Waals surface area (Å²) in [7, 11) is 0. The van der Waals surface area contributed by atoms with Gasteiger partial charge in [-0.25, -0.2) is 0 Å². The van der Waals surface area contributed by atoms with Crippen LogP contribution in [0.3, 0.4) is 0 Å². The highest BCUT2D eigenvalue weighted by Gasteiger charge is 2.33. The number of fused-ring (bicyclic) bond motifs is 6. The van der Waals surface area contributed by atoms with Gasteiger partial charge in [0.15, 0.2) is 0 Å². The van der Waals surface area contributed by atoms with Gasteiger partial charge < -0.3 is 4.42 Å². The van der Waals surface area contributed by atoms with Gasteiger partial charge in [0, 0.05) is 52.0 Å². The topological polar surface area (TPSA) is 37.9 Å². The van der Waals surface area contributed by atoms with E-state index in [-0.39, 0.29) is 12.0 Å². The molecule has 4 unspecified atom stereocenters. The molecule has 43 heavy (non-hydrogen) atoms. The minimum atomic E-state index is 0.00305. The number of para-hydroxylation sites is 1. The van der Waals surface area contributed by atoms with E-state index in [9.17, 15) is 0 Å². The van der Waals surface area contributed by atoms with Crippen LogP contribution in [0.4, 0.5) is 0 Å². The zero-order valence-electron chi connectivity index (χ0n) is 24.0. The van der Waals surface area contributed by atoms with E-state index in [1.54, 1.807) is 0 Å². The molecular weight excluding hydrogens is 524 g/mol. The van der Waals surface area contributed by atoms with Gasteiger partial charge in [-0.1, -0.05) is 115 Å². The molecule has 2 aromatic carbocycles. The van der Waals surface area contributed by atoms with Crippen molar-refractivity contribution in [2.75, 3.05) is 0 Å². The summed E-state index contributed by atoms with van der Waals surface area (Å²) in [5.74, 6) is 2.17. The monoisotopic (exact) mass is 556 g/mol. The summed E-state index contributed by atoms with van der Waals surface area (Å²) in [4.78, 5) is 10.8. The maximum absolute atomic E-state index is 6.52. The van der Waals surface area contributed by atoms with Crippen LogP contribution in [0.15, 0.2) is 147 Å². The third-order valence-corrected chi connectivity index (χ3v) is 9.70. The van der Waals surface area contributed by atoms with Crippen molar-refractivity contribution < 1.29 is 4.42 Å². The van der Waals surface area contributed by atoms with Gasteiger partial charge in [-0.05, 0) is 42.0 Å². The van der Waals surface area contributed by atoms with Crippen LogP contribution in [-0.4, -0.2) is 17.5 Å².